The van der Waals surface area contributed by atoms with E-state index in [1.54, 1.807) is 19.2 Å². The first kappa shape index (κ1) is 24.2. The van der Waals surface area contributed by atoms with Gasteiger partial charge in [-0.15, -0.1) is 24.0 Å². The molecule has 0 spiro atoms. The fraction of sp³-hybridized carbons (Fsp3) is 0.350. The van der Waals surface area contributed by atoms with Crippen molar-refractivity contribution >= 4 is 39.8 Å². The van der Waals surface area contributed by atoms with Gasteiger partial charge in [0.1, 0.15) is 5.75 Å². The minimum atomic E-state index is -3.15. The molecule has 0 aliphatic heterocycles. The van der Waals surface area contributed by atoms with Crippen LogP contribution in [0.25, 0.3) is 0 Å². The Labute approximate surface area is 184 Å². The molecule has 0 saturated carbocycles. The van der Waals surface area contributed by atoms with E-state index < -0.39 is 9.84 Å². The number of ether oxygens (including phenoxy) is 1. The van der Waals surface area contributed by atoms with Crippen molar-refractivity contribution in [2.24, 2.45) is 4.99 Å². The topological polar surface area (TPSA) is 79.8 Å². The predicted octanol–water partition coefficient (Wildman–Crippen LogP) is 2.88. The molecule has 0 amide bonds. The standard InChI is InChI=1S/C20H27N3O3S.HI/c1-21-20(22-14-6-16-26-18-7-4-3-5-8-18)23-15-13-17-9-11-19(12-10-17)27(2,24)25;/h3-5,7-12H,6,13-16H2,1-2H3,(H2,21,22,23);1H. The normalized spacial score (nSPS) is 11.4. The Morgan fingerprint density at radius 2 is 1.64 bits per heavy atom. The maximum Gasteiger partial charge on any atom is 0.190 e. The summed E-state index contributed by atoms with van der Waals surface area (Å²) in [6, 6.07) is 16.7. The second-order valence-corrected chi connectivity index (χ2v) is 8.12. The largest absolute Gasteiger partial charge is 0.494 e. The van der Waals surface area contributed by atoms with Crippen LogP contribution in [0.4, 0.5) is 0 Å². The molecule has 0 unspecified atom stereocenters. The minimum Gasteiger partial charge on any atom is -0.494 e. The van der Waals surface area contributed by atoms with Crippen molar-refractivity contribution in [3.8, 4) is 5.75 Å². The molecule has 154 valence electrons. The average molecular weight is 517 g/mol. The number of hydrogen-bond acceptors (Lipinski definition) is 4. The molecule has 0 saturated heterocycles. The Morgan fingerprint density at radius 3 is 2.25 bits per heavy atom. The van der Waals surface area contributed by atoms with Crippen LogP contribution in [-0.2, 0) is 16.3 Å². The first-order valence-electron chi connectivity index (χ1n) is 8.90. The lowest BCUT2D eigenvalue weighted by Crippen LogP contribution is -2.39. The maximum atomic E-state index is 11.5. The van der Waals surface area contributed by atoms with Crippen molar-refractivity contribution in [3.63, 3.8) is 0 Å². The average Bonchev–Trinajstić information content (AvgIpc) is 2.67. The van der Waals surface area contributed by atoms with Gasteiger partial charge in [-0.2, -0.15) is 0 Å². The molecule has 2 rings (SSSR count). The Kier molecular flexibility index (Phi) is 10.9. The van der Waals surface area contributed by atoms with Crippen LogP contribution in [-0.4, -0.2) is 47.4 Å². The Bertz CT molecular complexity index is 826. The van der Waals surface area contributed by atoms with Gasteiger partial charge in [0.05, 0.1) is 11.5 Å². The molecule has 0 aromatic heterocycles. The van der Waals surface area contributed by atoms with Gasteiger partial charge >= 0.3 is 0 Å². The number of hydrogen-bond donors (Lipinski definition) is 2. The lowest BCUT2D eigenvalue weighted by molar-refractivity contribution is 0.311. The highest BCUT2D eigenvalue weighted by atomic mass is 127. The third kappa shape index (κ3) is 8.92. The fourth-order valence-electron chi connectivity index (χ4n) is 2.43. The van der Waals surface area contributed by atoms with Crippen molar-refractivity contribution in [3.05, 3.63) is 60.2 Å². The lowest BCUT2D eigenvalue weighted by atomic mass is 10.1. The second-order valence-electron chi connectivity index (χ2n) is 6.11. The summed E-state index contributed by atoms with van der Waals surface area (Å²) in [5.41, 5.74) is 1.07. The molecule has 6 nitrogen and oxygen atoms in total. The number of sulfone groups is 1. The van der Waals surface area contributed by atoms with E-state index in [1.807, 2.05) is 42.5 Å². The molecule has 0 aliphatic carbocycles. The summed E-state index contributed by atoms with van der Waals surface area (Å²) in [5, 5.41) is 6.50. The van der Waals surface area contributed by atoms with Crippen molar-refractivity contribution in [2.45, 2.75) is 17.7 Å². The highest BCUT2D eigenvalue weighted by molar-refractivity contribution is 14.0. The fourth-order valence-corrected chi connectivity index (χ4v) is 3.07. The smallest absolute Gasteiger partial charge is 0.190 e. The minimum absolute atomic E-state index is 0. The molecular formula is C20H28IN3O3S. The number of para-hydroxylation sites is 1. The van der Waals surface area contributed by atoms with E-state index in [1.165, 1.54) is 6.26 Å². The third-order valence-corrected chi connectivity index (χ3v) is 5.04. The quantitative estimate of drug-likeness (QED) is 0.232. The van der Waals surface area contributed by atoms with Crippen LogP contribution in [0, 0.1) is 0 Å². The van der Waals surface area contributed by atoms with E-state index in [-0.39, 0.29) is 24.0 Å². The number of aliphatic imine (C=N–C) groups is 1. The van der Waals surface area contributed by atoms with Gasteiger partial charge in [0.15, 0.2) is 15.8 Å². The van der Waals surface area contributed by atoms with Crippen molar-refractivity contribution in [1.82, 2.24) is 10.6 Å². The second kappa shape index (κ2) is 12.6. The maximum absolute atomic E-state index is 11.5. The summed E-state index contributed by atoms with van der Waals surface area (Å²) in [7, 11) is -1.41. The zero-order chi connectivity index (χ0) is 19.5. The zero-order valence-electron chi connectivity index (χ0n) is 16.2. The van der Waals surface area contributed by atoms with Gasteiger partial charge in [-0.25, -0.2) is 8.42 Å². The summed E-state index contributed by atoms with van der Waals surface area (Å²) < 4.78 is 28.6. The molecule has 0 fully saturated rings. The number of rotatable bonds is 9. The first-order chi connectivity index (χ1) is 13.0. The van der Waals surface area contributed by atoms with Gasteiger partial charge in [-0.3, -0.25) is 4.99 Å². The molecule has 0 bridgehead atoms. The Balaban J connectivity index is 0.00000392. The van der Waals surface area contributed by atoms with Gasteiger partial charge in [-0.1, -0.05) is 30.3 Å². The molecule has 0 heterocycles. The number of nitrogens with zero attached hydrogens (tertiary/aromatic N) is 1. The van der Waals surface area contributed by atoms with E-state index in [2.05, 4.69) is 15.6 Å². The zero-order valence-corrected chi connectivity index (χ0v) is 19.4. The molecular weight excluding hydrogens is 489 g/mol. The molecule has 0 atom stereocenters. The summed E-state index contributed by atoms with van der Waals surface area (Å²) in [6.07, 6.45) is 2.86. The lowest BCUT2D eigenvalue weighted by Gasteiger charge is -2.12. The number of benzene rings is 2. The van der Waals surface area contributed by atoms with E-state index in [0.717, 1.165) is 36.7 Å². The van der Waals surface area contributed by atoms with Crippen LogP contribution < -0.4 is 15.4 Å². The highest BCUT2D eigenvalue weighted by Crippen LogP contribution is 2.10. The summed E-state index contributed by atoms with van der Waals surface area (Å²) in [4.78, 5) is 4.54. The van der Waals surface area contributed by atoms with Crippen LogP contribution in [0.2, 0.25) is 0 Å². The summed E-state index contributed by atoms with van der Waals surface area (Å²) >= 11 is 0. The van der Waals surface area contributed by atoms with Crippen LogP contribution in [0.3, 0.4) is 0 Å². The van der Waals surface area contributed by atoms with E-state index >= 15 is 0 Å². The van der Waals surface area contributed by atoms with E-state index in [0.29, 0.717) is 18.0 Å². The number of halogens is 1. The van der Waals surface area contributed by atoms with E-state index in [4.69, 9.17) is 4.74 Å². The molecule has 2 N–H and O–H groups in total. The van der Waals surface area contributed by atoms with Gasteiger partial charge < -0.3 is 15.4 Å². The number of guanidine groups is 1. The van der Waals surface area contributed by atoms with Gasteiger partial charge in [0.25, 0.3) is 0 Å². The van der Waals surface area contributed by atoms with Gasteiger partial charge in [0.2, 0.25) is 0 Å². The van der Waals surface area contributed by atoms with Crippen molar-refractivity contribution < 1.29 is 13.2 Å². The Hall–Kier alpha value is -1.81. The van der Waals surface area contributed by atoms with Crippen LogP contribution in [0.1, 0.15) is 12.0 Å². The van der Waals surface area contributed by atoms with Crippen LogP contribution >= 0.6 is 24.0 Å². The molecule has 8 heteroatoms. The van der Waals surface area contributed by atoms with Crippen molar-refractivity contribution in [1.29, 1.82) is 0 Å². The molecule has 28 heavy (non-hydrogen) atoms. The predicted molar refractivity (Wildman–Crippen MR) is 125 cm³/mol. The SMILES string of the molecule is CN=C(NCCCOc1ccccc1)NCCc1ccc(S(C)(=O)=O)cc1.I. The molecule has 0 aliphatic rings. The van der Waals surface area contributed by atoms with E-state index in [9.17, 15) is 8.42 Å². The molecule has 0 radical (unpaired) electrons. The third-order valence-electron chi connectivity index (χ3n) is 3.91. The monoisotopic (exact) mass is 517 g/mol. The van der Waals surface area contributed by atoms with Crippen LogP contribution in [0.5, 0.6) is 5.75 Å². The molecule has 2 aromatic rings. The summed E-state index contributed by atoms with van der Waals surface area (Å²) in [6.45, 7) is 2.11. The summed E-state index contributed by atoms with van der Waals surface area (Å²) in [5.74, 6) is 1.62. The first-order valence-corrected chi connectivity index (χ1v) is 10.8. The van der Waals surface area contributed by atoms with Gasteiger partial charge in [0, 0.05) is 26.4 Å². The van der Waals surface area contributed by atoms with Crippen LogP contribution in [0.15, 0.2) is 64.5 Å². The highest BCUT2D eigenvalue weighted by Gasteiger charge is 2.06. The molecule has 2 aromatic carbocycles. The van der Waals surface area contributed by atoms with Gasteiger partial charge in [-0.05, 0) is 42.7 Å². The Morgan fingerprint density at radius 1 is 1.00 bits per heavy atom. The number of nitrogens with one attached hydrogen (secondary N) is 2. The van der Waals surface area contributed by atoms with Crippen molar-refractivity contribution in [2.75, 3.05) is 33.0 Å².